The van der Waals surface area contributed by atoms with E-state index in [-0.39, 0.29) is 17.7 Å². The molecule has 196 valence electrons. The minimum atomic E-state index is -1.12. The molecule has 1 saturated heterocycles. The molecule has 0 bridgehead atoms. The molecule has 2 heterocycles. The quantitative estimate of drug-likeness (QED) is 0.332. The molecule has 36 heavy (non-hydrogen) atoms. The van der Waals surface area contributed by atoms with E-state index in [1.54, 1.807) is 13.8 Å². The number of nitrogens with zero attached hydrogens (tertiary/aromatic N) is 1. The third kappa shape index (κ3) is 6.04. The Bertz CT molecular complexity index is 1110. The van der Waals surface area contributed by atoms with Crippen molar-refractivity contribution in [2.45, 2.75) is 71.1 Å². The van der Waals surface area contributed by atoms with Gasteiger partial charge in [0.2, 0.25) is 17.7 Å². The van der Waals surface area contributed by atoms with E-state index in [0.29, 0.717) is 25.8 Å². The summed E-state index contributed by atoms with van der Waals surface area (Å²) in [7, 11) is 0. The van der Waals surface area contributed by atoms with Crippen LogP contribution < -0.4 is 16.4 Å². The van der Waals surface area contributed by atoms with Crippen LogP contribution in [0.25, 0.3) is 10.9 Å². The van der Waals surface area contributed by atoms with Crippen LogP contribution in [0.2, 0.25) is 0 Å². The number of amides is 3. The second-order valence-corrected chi connectivity index (χ2v) is 10.2. The largest absolute Gasteiger partial charge is 0.480 e. The summed E-state index contributed by atoms with van der Waals surface area (Å²) in [6, 6.07) is 4.19. The number of rotatable bonds is 10. The van der Waals surface area contributed by atoms with Crippen molar-refractivity contribution >= 4 is 34.6 Å². The molecule has 0 radical (unpaired) electrons. The second kappa shape index (κ2) is 11.6. The van der Waals surface area contributed by atoms with Crippen LogP contribution in [0.3, 0.4) is 0 Å². The highest BCUT2D eigenvalue weighted by atomic mass is 16.4. The van der Waals surface area contributed by atoms with Gasteiger partial charge in [-0.3, -0.25) is 14.4 Å². The van der Waals surface area contributed by atoms with Gasteiger partial charge < -0.3 is 31.4 Å². The number of carbonyl (C=O) groups is 4. The average Bonchev–Trinajstić information content (AvgIpc) is 3.47. The zero-order chi connectivity index (χ0) is 26.6. The van der Waals surface area contributed by atoms with Crippen molar-refractivity contribution in [2.75, 3.05) is 6.54 Å². The fourth-order valence-corrected chi connectivity index (χ4v) is 4.65. The highest BCUT2D eigenvalue weighted by Gasteiger charge is 2.40. The van der Waals surface area contributed by atoms with Gasteiger partial charge in [0.05, 0.1) is 6.04 Å². The summed E-state index contributed by atoms with van der Waals surface area (Å²) in [4.78, 5) is 55.5. The molecule has 0 saturated carbocycles. The Morgan fingerprint density at radius 2 is 1.75 bits per heavy atom. The normalized spacial score (nSPS) is 18.3. The number of likely N-dealkylation sites (tertiary alicyclic amines) is 1. The number of fused-ring (bicyclic) bond motifs is 1. The molecule has 3 rings (SSSR count). The summed E-state index contributed by atoms with van der Waals surface area (Å²) in [5, 5.41) is 15.8. The van der Waals surface area contributed by atoms with Crippen molar-refractivity contribution < 1.29 is 24.3 Å². The summed E-state index contributed by atoms with van der Waals surface area (Å²) < 4.78 is 0. The molecule has 4 atom stereocenters. The number of aromatic amines is 1. The van der Waals surface area contributed by atoms with Gasteiger partial charge in [-0.15, -0.1) is 0 Å². The number of nitrogens with one attached hydrogen (secondary N) is 3. The van der Waals surface area contributed by atoms with Gasteiger partial charge in [-0.25, -0.2) is 4.79 Å². The number of carboxylic acid groups (broad SMARTS) is 1. The highest BCUT2D eigenvalue weighted by molar-refractivity contribution is 5.95. The molecule has 0 spiro atoms. The van der Waals surface area contributed by atoms with Crippen LogP contribution >= 0.6 is 0 Å². The van der Waals surface area contributed by atoms with Crippen molar-refractivity contribution in [1.82, 2.24) is 20.5 Å². The molecule has 0 aliphatic carbocycles. The fourth-order valence-electron chi connectivity index (χ4n) is 4.65. The first kappa shape index (κ1) is 27.2. The van der Waals surface area contributed by atoms with E-state index in [1.807, 2.05) is 44.3 Å². The van der Waals surface area contributed by atoms with E-state index in [1.165, 1.54) is 4.90 Å². The van der Waals surface area contributed by atoms with Crippen molar-refractivity contribution in [2.24, 2.45) is 17.6 Å². The lowest BCUT2D eigenvalue weighted by Crippen LogP contribution is -2.58. The zero-order valence-corrected chi connectivity index (χ0v) is 21.3. The molecule has 10 heteroatoms. The Balaban J connectivity index is 1.68. The Morgan fingerprint density at radius 3 is 2.39 bits per heavy atom. The van der Waals surface area contributed by atoms with Gasteiger partial charge in [-0.05, 0) is 42.7 Å². The number of nitrogens with two attached hydrogens (primary N) is 1. The molecule has 1 aromatic heterocycles. The van der Waals surface area contributed by atoms with Gasteiger partial charge in [-0.1, -0.05) is 45.9 Å². The van der Waals surface area contributed by atoms with Gasteiger partial charge in [0.25, 0.3) is 0 Å². The van der Waals surface area contributed by atoms with E-state index < -0.39 is 42.0 Å². The van der Waals surface area contributed by atoms with Crippen LogP contribution in [0.1, 0.15) is 46.1 Å². The first-order chi connectivity index (χ1) is 17.0. The van der Waals surface area contributed by atoms with Crippen LogP contribution in [0.5, 0.6) is 0 Å². The fraction of sp³-hybridized carbons (Fsp3) is 0.538. The lowest BCUT2D eigenvalue weighted by Gasteiger charge is -2.31. The topological polar surface area (TPSA) is 158 Å². The predicted molar refractivity (Wildman–Crippen MR) is 136 cm³/mol. The maximum absolute atomic E-state index is 13.5. The lowest BCUT2D eigenvalue weighted by atomic mass is 10.00. The SMILES string of the molecule is CC(C)C(NC(=O)C1CCCN1C(=O)C(NC(=O)C(N)Cc1c[nH]c2ccccc12)C(C)C)C(=O)O. The van der Waals surface area contributed by atoms with Crippen LogP contribution in [0, 0.1) is 11.8 Å². The van der Waals surface area contributed by atoms with E-state index in [9.17, 15) is 24.3 Å². The van der Waals surface area contributed by atoms with Crippen molar-refractivity contribution in [1.29, 1.82) is 0 Å². The number of carboxylic acids is 1. The van der Waals surface area contributed by atoms with Crippen LogP contribution in [0.4, 0.5) is 0 Å². The molecule has 1 aromatic carbocycles. The predicted octanol–water partition coefficient (Wildman–Crippen LogP) is 1.39. The van der Waals surface area contributed by atoms with E-state index >= 15 is 0 Å². The summed E-state index contributed by atoms with van der Waals surface area (Å²) >= 11 is 0. The van der Waals surface area contributed by atoms with Crippen molar-refractivity contribution in [3.8, 4) is 0 Å². The standard InChI is InChI=1S/C26H37N5O5/c1-14(2)21(29-23(32)18(27)12-16-13-28-19-9-6-5-8-17(16)19)25(34)31-11-7-10-20(31)24(33)30-22(15(3)4)26(35)36/h5-6,8-9,13-15,18,20-22,28H,7,10-12,27H2,1-4H3,(H,29,32)(H,30,33)(H,35,36). The van der Waals surface area contributed by atoms with Crippen LogP contribution in [0.15, 0.2) is 30.5 Å². The molecular weight excluding hydrogens is 462 g/mol. The minimum Gasteiger partial charge on any atom is -0.480 e. The van der Waals surface area contributed by atoms with Crippen LogP contribution in [-0.4, -0.2) is 69.4 Å². The zero-order valence-electron chi connectivity index (χ0n) is 21.3. The Morgan fingerprint density at radius 1 is 1.08 bits per heavy atom. The third-order valence-corrected chi connectivity index (χ3v) is 6.75. The Hall–Kier alpha value is -3.40. The van der Waals surface area contributed by atoms with Crippen molar-refractivity contribution in [3.63, 3.8) is 0 Å². The van der Waals surface area contributed by atoms with E-state index in [2.05, 4.69) is 15.6 Å². The molecule has 2 aromatic rings. The first-order valence-electron chi connectivity index (χ1n) is 12.5. The van der Waals surface area contributed by atoms with Gasteiger partial charge in [0, 0.05) is 23.6 Å². The van der Waals surface area contributed by atoms with Gasteiger partial charge >= 0.3 is 5.97 Å². The first-order valence-corrected chi connectivity index (χ1v) is 12.5. The van der Waals surface area contributed by atoms with Crippen LogP contribution in [-0.2, 0) is 25.6 Å². The average molecular weight is 500 g/mol. The number of carbonyl (C=O) groups excluding carboxylic acids is 3. The summed E-state index contributed by atoms with van der Waals surface area (Å²) in [5.74, 6) is -2.98. The molecule has 6 N–H and O–H groups in total. The number of para-hydroxylation sites is 1. The number of hydrogen-bond donors (Lipinski definition) is 5. The number of aromatic nitrogens is 1. The number of benzene rings is 1. The summed E-state index contributed by atoms with van der Waals surface area (Å²) in [6.45, 7) is 7.41. The van der Waals surface area contributed by atoms with Gasteiger partial charge in [0.15, 0.2) is 0 Å². The summed E-state index contributed by atoms with van der Waals surface area (Å²) in [5.41, 5.74) is 8.08. The second-order valence-electron chi connectivity index (χ2n) is 10.2. The highest BCUT2D eigenvalue weighted by Crippen LogP contribution is 2.22. The molecule has 1 fully saturated rings. The third-order valence-electron chi connectivity index (χ3n) is 6.75. The molecule has 4 unspecified atom stereocenters. The van der Waals surface area contributed by atoms with Gasteiger partial charge in [0.1, 0.15) is 18.1 Å². The van der Waals surface area contributed by atoms with Crippen molar-refractivity contribution in [3.05, 3.63) is 36.0 Å². The molecular formula is C26H37N5O5. The maximum atomic E-state index is 13.5. The monoisotopic (exact) mass is 499 g/mol. The maximum Gasteiger partial charge on any atom is 0.326 e. The number of hydrogen-bond acceptors (Lipinski definition) is 5. The minimum absolute atomic E-state index is 0.242. The molecule has 3 amide bonds. The summed E-state index contributed by atoms with van der Waals surface area (Å²) in [6.07, 6.45) is 3.18. The number of H-pyrrole nitrogens is 1. The lowest BCUT2D eigenvalue weighted by molar-refractivity contribution is -0.146. The Kier molecular flexibility index (Phi) is 8.73. The molecule has 1 aliphatic heterocycles. The van der Waals surface area contributed by atoms with E-state index in [4.69, 9.17) is 5.73 Å². The Labute approximate surface area is 211 Å². The molecule has 10 nitrogen and oxygen atoms in total. The van der Waals surface area contributed by atoms with Gasteiger partial charge in [-0.2, -0.15) is 0 Å². The van der Waals surface area contributed by atoms with E-state index in [0.717, 1.165) is 16.5 Å². The number of aliphatic carboxylic acids is 1. The smallest absolute Gasteiger partial charge is 0.326 e. The molecule has 1 aliphatic rings.